The average Bonchev–Trinajstić information content (AvgIpc) is 2.79. The molecule has 0 aliphatic carbocycles. The fraction of sp³-hybridized carbons (Fsp3) is 0.647. The smallest absolute Gasteiger partial charge is 0.142 e. The van der Waals surface area contributed by atoms with E-state index in [1.165, 1.54) is 18.2 Å². The Morgan fingerprint density at radius 2 is 2.08 bits per heavy atom. The Morgan fingerprint density at radius 3 is 2.83 bits per heavy atom. The largest absolute Gasteiger partial charge is 0.490 e. The first-order valence-corrected chi connectivity index (χ1v) is 8.63. The van der Waals surface area contributed by atoms with Gasteiger partial charge in [-0.25, -0.2) is 4.39 Å². The first kappa shape index (κ1) is 17.9. The van der Waals surface area contributed by atoms with Gasteiger partial charge < -0.3 is 19.3 Å². The second kappa shape index (κ2) is 7.97. The Balaban J connectivity index is 1.62. The molecule has 2 saturated heterocycles. The van der Waals surface area contributed by atoms with E-state index in [2.05, 4.69) is 4.90 Å². The predicted molar refractivity (Wildman–Crippen MR) is 88.1 cm³/mol. The van der Waals surface area contributed by atoms with Crippen molar-refractivity contribution in [1.29, 1.82) is 0 Å². The maximum atomic E-state index is 13.2. The molecule has 2 fully saturated rings. The van der Waals surface area contributed by atoms with Crippen LogP contribution in [-0.4, -0.2) is 67.8 Å². The van der Waals surface area contributed by atoms with Crippen LogP contribution < -0.4 is 4.74 Å². The lowest BCUT2D eigenvalue weighted by molar-refractivity contribution is -0.0714. The normalized spacial score (nSPS) is 27.0. The molecule has 0 aromatic heterocycles. The molecule has 2 aliphatic heterocycles. The molecule has 5 nitrogen and oxygen atoms in total. The highest BCUT2D eigenvalue weighted by molar-refractivity contribution is 6.30. The Hall–Kier alpha value is -0.920. The van der Waals surface area contributed by atoms with E-state index in [4.69, 9.17) is 25.8 Å². The van der Waals surface area contributed by atoms with Gasteiger partial charge in [0, 0.05) is 38.4 Å². The van der Waals surface area contributed by atoms with Gasteiger partial charge in [-0.15, -0.1) is 0 Å². The lowest BCUT2D eigenvalue weighted by Gasteiger charge is -2.37. The van der Waals surface area contributed by atoms with Crippen LogP contribution in [0.25, 0.3) is 0 Å². The van der Waals surface area contributed by atoms with Crippen LogP contribution in [0.5, 0.6) is 5.75 Å². The summed E-state index contributed by atoms with van der Waals surface area (Å²) in [5.41, 5.74) is -1.12. The highest BCUT2D eigenvalue weighted by Gasteiger charge is 2.36. The van der Waals surface area contributed by atoms with E-state index in [1.54, 1.807) is 0 Å². The van der Waals surface area contributed by atoms with Crippen molar-refractivity contribution in [2.45, 2.75) is 24.5 Å². The highest BCUT2D eigenvalue weighted by Crippen LogP contribution is 2.24. The summed E-state index contributed by atoms with van der Waals surface area (Å²) in [6.45, 7) is 3.64. The van der Waals surface area contributed by atoms with Crippen molar-refractivity contribution in [3.05, 3.63) is 29.0 Å². The van der Waals surface area contributed by atoms with Gasteiger partial charge in [0.25, 0.3) is 0 Å². The topological polar surface area (TPSA) is 51.2 Å². The SMILES string of the molecule is O[C@]1(COc2ccc(F)c(Cl)c2)COCCN(C2CCOCC2)C1. The minimum Gasteiger partial charge on any atom is -0.490 e. The van der Waals surface area contributed by atoms with Crippen molar-refractivity contribution in [2.75, 3.05) is 46.1 Å². The Labute approximate surface area is 146 Å². The van der Waals surface area contributed by atoms with Crippen LogP contribution in [0.2, 0.25) is 5.02 Å². The van der Waals surface area contributed by atoms with Gasteiger partial charge in [0.05, 0.1) is 18.2 Å². The molecule has 1 atom stereocenters. The maximum absolute atomic E-state index is 13.2. The average molecular weight is 360 g/mol. The van der Waals surface area contributed by atoms with E-state index < -0.39 is 11.4 Å². The first-order chi connectivity index (χ1) is 11.6. The molecular formula is C17H23ClFNO4. The number of rotatable bonds is 4. The molecular weight excluding hydrogens is 337 g/mol. The second-order valence-corrected chi connectivity index (χ2v) is 6.86. The molecule has 0 bridgehead atoms. The van der Waals surface area contributed by atoms with Crippen molar-refractivity contribution in [1.82, 2.24) is 4.90 Å². The van der Waals surface area contributed by atoms with Crippen LogP contribution in [0.1, 0.15) is 12.8 Å². The van der Waals surface area contributed by atoms with E-state index in [0.29, 0.717) is 24.9 Å². The number of ether oxygens (including phenoxy) is 3. The number of benzene rings is 1. The number of aliphatic hydroxyl groups is 1. The molecule has 1 aromatic rings. The zero-order valence-corrected chi connectivity index (χ0v) is 14.3. The van der Waals surface area contributed by atoms with Crippen LogP contribution in [-0.2, 0) is 9.47 Å². The minimum absolute atomic E-state index is 0.000406. The fourth-order valence-corrected chi connectivity index (χ4v) is 3.35. The third-order valence-corrected chi connectivity index (χ3v) is 4.79. The van der Waals surface area contributed by atoms with Gasteiger partial charge in [-0.3, -0.25) is 4.90 Å². The van der Waals surface area contributed by atoms with Gasteiger partial charge in [-0.1, -0.05) is 11.6 Å². The van der Waals surface area contributed by atoms with Gasteiger partial charge in [-0.2, -0.15) is 0 Å². The van der Waals surface area contributed by atoms with Gasteiger partial charge in [-0.05, 0) is 25.0 Å². The summed E-state index contributed by atoms with van der Waals surface area (Å²) in [4.78, 5) is 2.26. The van der Waals surface area contributed by atoms with Crippen molar-refractivity contribution in [2.24, 2.45) is 0 Å². The fourth-order valence-electron chi connectivity index (χ4n) is 3.18. The third kappa shape index (κ3) is 4.58. The first-order valence-electron chi connectivity index (χ1n) is 8.25. The van der Waals surface area contributed by atoms with E-state index in [0.717, 1.165) is 32.6 Å². The van der Waals surface area contributed by atoms with E-state index in [9.17, 15) is 9.50 Å². The number of halogens is 2. The lowest BCUT2D eigenvalue weighted by atomic mass is 10.0. The second-order valence-electron chi connectivity index (χ2n) is 6.46. The van der Waals surface area contributed by atoms with Crippen LogP contribution in [0.3, 0.4) is 0 Å². The number of nitrogens with zero attached hydrogens (tertiary/aromatic N) is 1. The monoisotopic (exact) mass is 359 g/mol. The molecule has 24 heavy (non-hydrogen) atoms. The Bertz CT molecular complexity index is 555. The molecule has 3 rings (SSSR count). The van der Waals surface area contributed by atoms with Gasteiger partial charge in [0.1, 0.15) is 23.8 Å². The molecule has 134 valence electrons. The summed E-state index contributed by atoms with van der Waals surface area (Å²) in [6, 6.07) is 4.55. The highest BCUT2D eigenvalue weighted by atomic mass is 35.5. The molecule has 7 heteroatoms. The van der Waals surface area contributed by atoms with Crippen LogP contribution in [0.15, 0.2) is 18.2 Å². The van der Waals surface area contributed by atoms with Gasteiger partial charge in [0.2, 0.25) is 0 Å². The molecule has 2 heterocycles. The summed E-state index contributed by atoms with van der Waals surface area (Å²) < 4.78 is 29.8. The Morgan fingerprint density at radius 1 is 1.29 bits per heavy atom. The molecule has 0 amide bonds. The molecule has 1 N–H and O–H groups in total. The van der Waals surface area contributed by atoms with Crippen LogP contribution >= 0.6 is 11.6 Å². The zero-order chi connectivity index (χ0) is 17.0. The number of hydrogen-bond donors (Lipinski definition) is 1. The summed E-state index contributed by atoms with van der Waals surface area (Å²) in [6.07, 6.45) is 1.93. The maximum Gasteiger partial charge on any atom is 0.142 e. The van der Waals surface area contributed by atoms with Crippen LogP contribution in [0.4, 0.5) is 4.39 Å². The molecule has 1 aromatic carbocycles. The number of β-amino-alcohol motifs (C(OH)–C–C–N with tert-alkyl or cyclic N) is 1. The number of hydrogen-bond acceptors (Lipinski definition) is 5. The molecule has 0 saturated carbocycles. The van der Waals surface area contributed by atoms with Crippen molar-refractivity contribution in [3.8, 4) is 5.75 Å². The van der Waals surface area contributed by atoms with Crippen LogP contribution in [0, 0.1) is 5.82 Å². The lowest BCUT2D eigenvalue weighted by Crippen LogP contribution is -2.52. The molecule has 0 spiro atoms. The Kier molecular flexibility index (Phi) is 5.94. The third-order valence-electron chi connectivity index (χ3n) is 4.50. The van der Waals surface area contributed by atoms with E-state index in [1.807, 2.05) is 0 Å². The summed E-state index contributed by atoms with van der Waals surface area (Å²) in [5.74, 6) is -0.0668. The molecule has 0 radical (unpaired) electrons. The van der Waals surface area contributed by atoms with E-state index >= 15 is 0 Å². The van der Waals surface area contributed by atoms with E-state index in [-0.39, 0.29) is 18.2 Å². The zero-order valence-electron chi connectivity index (χ0n) is 13.5. The van der Waals surface area contributed by atoms with Crippen molar-refractivity contribution < 1.29 is 23.7 Å². The molecule has 0 unspecified atom stereocenters. The van der Waals surface area contributed by atoms with Gasteiger partial charge in [0.15, 0.2) is 0 Å². The van der Waals surface area contributed by atoms with Crippen molar-refractivity contribution >= 4 is 11.6 Å². The standard InChI is InChI=1S/C17H23ClFNO4/c18-15-9-14(1-2-16(15)19)24-12-17(21)10-20(5-8-23-11-17)13-3-6-22-7-4-13/h1-2,9,13,21H,3-8,10-12H2/t17-/m0/s1. The van der Waals surface area contributed by atoms with Gasteiger partial charge >= 0.3 is 0 Å². The summed E-state index contributed by atoms with van der Waals surface area (Å²) >= 11 is 5.76. The molecule has 2 aliphatic rings. The quantitative estimate of drug-likeness (QED) is 0.892. The minimum atomic E-state index is -1.12. The summed E-state index contributed by atoms with van der Waals surface area (Å²) in [5, 5.41) is 10.9. The predicted octanol–water partition coefficient (Wildman–Crippen LogP) is 2.10. The summed E-state index contributed by atoms with van der Waals surface area (Å²) in [7, 11) is 0. The van der Waals surface area contributed by atoms with Crippen molar-refractivity contribution in [3.63, 3.8) is 0 Å².